The highest BCUT2D eigenvalue weighted by atomic mass is 16.4. The number of carbonyl (C=O) groups excluding carboxylic acids is 1. The zero-order chi connectivity index (χ0) is 21.1. The van der Waals surface area contributed by atoms with Crippen molar-refractivity contribution in [2.75, 3.05) is 13.1 Å². The van der Waals surface area contributed by atoms with E-state index in [1.54, 1.807) is 24.4 Å². The summed E-state index contributed by atoms with van der Waals surface area (Å²) in [7, 11) is 0. The third-order valence-electron chi connectivity index (χ3n) is 5.50. The quantitative estimate of drug-likeness (QED) is 0.709. The number of carboxylic acids is 1. The van der Waals surface area contributed by atoms with Crippen LogP contribution in [0.1, 0.15) is 50.9 Å². The molecule has 152 valence electrons. The van der Waals surface area contributed by atoms with E-state index in [-0.39, 0.29) is 17.4 Å². The lowest BCUT2D eigenvalue weighted by Crippen LogP contribution is -2.39. The Hall–Kier alpha value is -3.54. The molecular formula is C24H23N3O3. The number of carboxylic acid groups (broad SMARTS) is 1. The maximum Gasteiger partial charge on any atom is 0.335 e. The molecule has 0 radical (unpaired) electrons. The fourth-order valence-corrected chi connectivity index (χ4v) is 3.97. The Kier molecular flexibility index (Phi) is 5.57. The van der Waals surface area contributed by atoms with Gasteiger partial charge in [-0.1, -0.05) is 42.5 Å². The first-order valence-electron chi connectivity index (χ1n) is 10.0. The van der Waals surface area contributed by atoms with Crippen LogP contribution in [0.5, 0.6) is 0 Å². The zero-order valence-electron chi connectivity index (χ0n) is 16.8. The summed E-state index contributed by atoms with van der Waals surface area (Å²) < 4.78 is 0. The number of hydrogen-bond acceptors (Lipinski definition) is 4. The number of rotatable bonds is 4. The van der Waals surface area contributed by atoms with Gasteiger partial charge in [0.2, 0.25) is 0 Å². The van der Waals surface area contributed by atoms with Crippen LogP contribution in [0.3, 0.4) is 0 Å². The molecule has 2 aromatic carbocycles. The highest BCUT2D eigenvalue weighted by Gasteiger charge is 2.28. The minimum atomic E-state index is -0.940. The molecule has 4 rings (SSSR count). The third kappa shape index (κ3) is 4.08. The Bertz CT molecular complexity index is 1080. The average Bonchev–Trinajstić information content (AvgIpc) is 2.79. The molecule has 6 nitrogen and oxygen atoms in total. The van der Waals surface area contributed by atoms with Crippen molar-refractivity contribution in [1.29, 1.82) is 0 Å². The first-order chi connectivity index (χ1) is 14.5. The normalized spacial score (nSPS) is 16.3. The summed E-state index contributed by atoms with van der Waals surface area (Å²) in [6.45, 7) is 3.02. The molecule has 0 spiro atoms. The molecule has 1 unspecified atom stereocenters. The molecule has 1 fully saturated rings. The van der Waals surface area contributed by atoms with Crippen LogP contribution < -0.4 is 0 Å². The summed E-state index contributed by atoms with van der Waals surface area (Å²) in [5.74, 6) is -0.307. The molecule has 0 bridgehead atoms. The second-order valence-electron chi connectivity index (χ2n) is 7.57. The number of aromatic carboxylic acids is 1. The molecule has 1 saturated heterocycles. The second-order valence-corrected chi connectivity index (χ2v) is 7.57. The Morgan fingerprint density at radius 1 is 1.10 bits per heavy atom. The largest absolute Gasteiger partial charge is 0.478 e. The van der Waals surface area contributed by atoms with E-state index in [9.17, 15) is 14.7 Å². The van der Waals surface area contributed by atoms with E-state index in [1.165, 1.54) is 0 Å². The number of piperidine rings is 1. The SMILES string of the molecule is Cc1ncc(C(=O)N2CCCC(c3cccc(C(=O)O)c3)C2)c(-c2ccccc2)n1. The topological polar surface area (TPSA) is 83.4 Å². The smallest absolute Gasteiger partial charge is 0.335 e. The molecule has 6 heteroatoms. The Labute approximate surface area is 175 Å². The van der Waals surface area contributed by atoms with Crippen molar-refractivity contribution in [3.05, 3.63) is 83.3 Å². The van der Waals surface area contributed by atoms with Crippen LogP contribution in [-0.4, -0.2) is 44.9 Å². The van der Waals surface area contributed by atoms with Crippen molar-refractivity contribution in [3.63, 3.8) is 0 Å². The number of hydrogen-bond donors (Lipinski definition) is 1. The molecular weight excluding hydrogens is 378 g/mol. The van der Waals surface area contributed by atoms with Gasteiger partial charge in [0.1, 0.15) is 5.82 Å². The van der Waals surface area contributed by atoms with Crippen LogP contribution in [0.25, 0.3) is 11.3 Å². The lowest BCUT2D eigenvalue weighted by atomic mass is 9.89. The Balaban J connectivity index is 1.62. The summed E-state index contributed by atoms with van der Waals surface area (Å²) >= 11 is 0. The number of benzene rings is 2. The van der Waals surface area contributed by atoms with Gasteiger partial charge < -0.3 is 10.0 Å². The standard InChI is InChI=1S/C24H23N3O3/c1-16-25-14-21(22(26-16)17-7-3-2-4-8-17)23(28)27-12-6-11-20(15-27)18-9-5-10-19(13-18)24(29)30/h2-5,7-10,13-14,20H,6,11-12,15H2,1H3,(H,29,30). The molecule has 2 heterocycles. The molecule has 1 aromatic heterocycles. The van der Waals surface area contributed by atoms with E-state index in [0.29, 0.717) is 30.2 Å². The third-order valence-corrected chi connectivity index (χ3v) is 5.50. The van der Waals surface area contributed by atoms with Crippen molar-refractivity contribution in [1.82, 2.24) is 14.9 Å². The predicted octanol–water partition coefficient (Wildman–Crippen LogP) is 4.17. The van der Waals surface area contributed by atoms with Crippen LogP contribution >= 0.6 is 0 Å². The van der Waals surface area contributed by atoms with Crippen molar-refractivity contribution in [2.24, 2.45) is 0 Å². The van der Waals surface area contributed by atoms with Gasteiger partial charge in [-0.15, -0.1) is 0 Å². The van der Waals surface area contributed by atoms with Gasteiger partial charge in [0, 0.05) is 30.8 Å². The summed E-state index contributed by atoms with van der Waals surface area (Å²) in [5, 5.41) is 9.28. The predicted molar refractivity (Wildman–Crippen MR) is 113 cm³/mol. The van der Waals surface area contributed by atoms with Crippen molar-refractivity contribution < 1.29 is 14.7 Å². The summed E-state index contributed by atoms with van der Waals surface area (Å²) in [6.07, 6.45) is 3.39. The van der Waals surface area contributed by atoms with Crippen LogP contribution in [-0.2, 0) is 0 Å². The molecule has 3 aromatic rings. The molecule has 1 amide bonds. The van der Waals surface area contributed by atoms with Gasteiger partial charge in [-0.2, -0.15) is 0 Å². The average molecular weight is 401 g/mol. The van der Waals surface area contributed by atoms with E-state index in [4.69, 9.17) is 0 Å². The number of nitrogens with zero attached hydrogens (tertiary/aromatic N) is 3. The maximum absolute atomic E-state index is 13.4. The monoisotopic (exact) mass is 401 g/mol. The van der Waals surface area contributed by atoms with Crippen LogP contribution in [0, 0.1) is 6.92 Å². The molecule has 0 saturated carbocycles. The van der Waals surface area contributed by atoms with Gasteiger partial charge in [0.15, 0.2) is 0 Å². The molecule has 0 aliphatic carbocycles. The number of likely N-dealkylation sites (tertiary alicyclic amines) is 1. The lowest BCUT2D eigenvalue weighted by molar-refractivity contribution is 0.0687. The number of aryl methyl sites for hydroxylation is 1. The van der Waals surface area contributed by atoms with Gasteiger partial charge in [-0.05, 0) is 37.5 Å². The van der Waals surface area contributed by atoms with E-state index in [1.807, 2.05) is 48.2 Å². The van der Waals surface area contributed by atoms with Gasteiger partial charge in [-0.3, -0.25) is 4.79 Å². The van der Waals surface area contributed by atoms with Gasteiger partial charge in [-0.25, -0.2) is 14.8 Å². The molecule has 1 aliphatic rings. The highest BCUT2D eigenvalue weighted by Crippen LogP contribution is 2.30. The van der Waals surface area contributed by atoms with Crippen LogP contribution in [0.2, 0.25) is 0 Å². The zero-order valence-corrected chi connectivity index (χ0v) is 16.8. The van der Waals surface area contributed by atoms with Crippen LogP contribution in [0.15, 0.2) is 60.8 Å². The molecule has 30 heavy (non-hydrogen) atoms. The van der Waals surface area contributed by atoms with Crippen molar-refractivity contribution in [3.8, 4) is 11.3 Å². The first kappa shape index (κ1) is 19.8. The number of aromatic nitrogens is 2. The van der Waals surface area contributed by atoms with Crippen molar-refractivity contribution in [2.45, 2.75) is 25.7 Å². The highest BCUT2D eigenvalue weighted by molar-refractivity contribution is 5.99. The minimum absolute atomic E-state index is 0.0899. The summed E-state index contributed by atoms with van der Waals surface area (Å²) in [4.78, 5) is 35.4. The molecule has 1 atom stereocenters. The van der Waals surface area contributed by atoms with Gasteiger partial charge in [0.05, 0.1) is 16.8 Å². The summed E-state index contributed by atoms with van der Waals surface area (Å²) in [5.41, 5.74) is 3.24. The molecule has 1 N–H and O–H groups in total. The number of carbonyl (C=O) groups is 2. The van der Waals surface area contributed by atoms with E-state index in [2.05, 4.69) is 9.97 Å². The van der Waals surface area contributed by atoms with E-state index in [0.717, 1.165) is 24.0 Å². The van der Waals surface area contributed by atoms with Gasteiger partial charge >= 0.3 is 5.97 Å². The first-order valence-corrected chi connectivity index (χ1v) is 10.0. The molecule has 1 aliphatic heterocycles. The Morgan fingerprint density at radius 3 is 2.67 bits per heavy atom. The van der Waals surface area contributed by atoms with Gasteiger partial charge in [0.25, 0.3) is 5.91 Å². The minimum Gasteiger partial charge on any atom is -0.478 e. The summed E-state index contributed by atoms with van der Waals surface area (Å²) in [6, 6.07) is 16.7. The number of amides is 1. The maximum atomic E-state index is 13.4. The fourth-order valence-electron chi connectivity index (χ4n) is 3.97. The van der Waals surface area contributed by atoms with Crippen LogP contribution in [0.4, 0.5) is 0 Å². The van der Waals surface area contributed by atoms with E-state index < -0.39 is 5.97 Å². The second kappa shape index (κ2) is 8.45. The van der Waals surface area contributed by atoms with E-state index >= 15 is 0 Å². The Morgan fingerprint density at radius 2 is 1.90 bits per heavy atom. The lowest BCUT2D eigenvalue weighted by Gasteiger charge is -2.33. The fraction of sp³-hybridized carbons (Fsp3) is 0.250. The van der Waals surface area contributed by atoms with Crippen molar-refractivity contribution >= 4 is 11.9 Å².